The number of halogens is 1. The van der Waals surface area contributed by atoms with E-state index in [9.17, 15) is 13.2 Å². The fourth-order valence-electron chi connectivity index (χ4n) is 3.54. The minimum absolute atomic E-state index is 0. The highest BCUT2D eigenvalue weighted by atomic mass is 35.5. The van der Waals surface area contributed by atoms with E-state index in [4.69, 9.17) is 0 Å². The van der Waals surface area contributed by atoms with Crippen molar-refractivity contribution in [1.29, 1.82) is 0 Å². The molecule has 2 aliphatic heterocycles. The maximum atomic E-state index is 12.7. The molecule has 2 saturated heterocycles. The predicted octanol–water partition coefficient (Wildman–Crippen LogP) is 1.83. The fraction of sp³-hybridized carbons (Fsp3) is 0.611. The molecule has 2 fully saturated rings. The molecule has 1 aromatic carbocycles. The topological polar surface area (TPSA) is 78.5 Å². The Morgan fingerprint density at radius 2 is 1.85 bits per heavy atom. The van der Waals surface area contributed by atoms with Crippen molar-refractivity contribution in [3.8, 4) is 0 Å². The van der Waals surface area contributed by atoms with Crippen LogP contribution in [-0.4, -0.2) is 50.3 Å². The molecule has 8 heteroatoms. The van der Waals surface area contributed by atoms with Crippen LogP contribution in [0.2, 0.25) is 0 Å². The van der Waals surface area contributed by atoms with E-state index >= 15 is 0 Å². The Labute approximate surface area is 162 Å². The average molecular weight is 402 g/mol. The summed E-state index contributed by atoms with van der Waals surface area (Å²) >= 11 is 0. The number of carbonyl (C=O) groups is 1. The summed E-state index contributed by atoms with van der Waals surface area (Å²) in [7, 11) is -3.44. The standard InChI is InChI=1S/C18H27N3O3S.ClH/c1-14-4-6-17(7-5-14)25(23,24)21-11-8-15(9-12-21)20-18(22)13-16-3-2-10-19-16;/h4-7,15-16,19H,2-3,8-13H2,1H3,(H,20,22);1H. The van der Waals surface area contributed by atoms with E-state index in [1.165, 1.54) is 4.31 Å². The van der Waals surface area contributed by atoms with Crippen molar-refractivity contribution in [2.24, 2.45) is 0 Å². The number of aryl methyl sites for hydroxylation is 1. The lowest BCUT2D eigenvalue weighted by Gasteiger charge is -2.31. The van der Waals surface area contributed by atoms with Gasteiger partial charge < -0.3 is 10.6 Å². The lowest BCUT2D eigenvalue weighted by atomic mass is 10.1. The molecule has 0 spiro atoms. The van der Waals surface area contributed by atoms with E-state index < -0.39 is 10.0 Å². The van der Waals surface area contributed by atoms with Crippen molar-refractivity contribution in [3.05, 3.63) is 29.8 Å². The molecule has 146 valence electrons. The second-order valence-corrected chi connectivity index (χ2v) is 8.99. The van der Waals surface area contributed by atoms with Gasteiger partial charge in [0.05, 0.1) is 4.90 Å². The number of amides is 1. The summed E-state index contributed by atoms with van der Waals surface area (Å²) < 4.78 is 26.9. The zero-order valence-corrected chi connectivity index (χ0v) is 16.7. The van der Waals surface area contributed by atoms with Crippen molar-refractivity contribution in [2.45, 2.75) is 56.0 Å². The summed E-state index contributed by atoms with van der Waals surface area (Å²) in [5, 5.41) is 6.39. The molecule has 0 radical (unpaired) electrons. The Morgan fingerprint density at radius 1 is 1.19 bits per heavy atom. The molecular weight excluding hydrogens is 374 g/mol. The van der Waals surface area contributed by atoms with Gasteiger partial charge in [-0.15, -0.1) is 12.4 Å². The van der Waals surface area contributed by atoms with Gasteiger partial charge in [-0.3, -0.25) is 4.79 Å². The third-order valence-corrected chi connectivity index (χ3v) is 6.98. The monoisotopic (exact) mass is 401 g/mol. The van der Waals surface area contributed by atoms with Crippen molar-refractivity contribution in [2.75, 3.05) is 19.6 Å². The van der Waals surface area contributed by atoms with Crippen molar-refractivity contribution >= 4 is 28.3 Å². The second kappa shape index (κ2) is 9.17. The second-order valence-electron chi connectivity index (χ2n) is 7.06. The first-order valence-electron chi connectivity index (χ1n) is 9.05. The van der Waals surface area contributed by atoms with Crippen LogP contribution in [0, 0.1) is 6.92 Å². The third kappa shape index (κ3) is 5.19. The number of carbonyl (C=O) groups excluding carboxylic acids is 1. The normalized spacial score (nSPS) is 22.0. The van der Waals surface area contributed by atoms with E-state index in [-0.39, 0.29) is 24.4 Å². The highest BCUT2D eigenvalue weighted by molar-refractivity contribution is 7.89. The van der Waals surface area contributed by atoms with Crippen LogP contribution in [0.25, 0.3) is 0 Å². The molecule has 3 rings (SSSR count). The van der Waals surface area contributed by atoms with Crippen LogP contribution in [0.15, 0.2) is 29.2 Å². The Kier molecular flexibility index (Phi) is 7.46. The molecule has 0 saturated carbocycles. The van der Waals surface area contributed by atoms with Crippen LogP contribution in [-0.2, 0) is 14.8 Å². The van der Waals surface area contributed by atoms with Gasteiger partial charge in [-0.25, -0.2) is 8.42 Å². The van der Waals surface area contributed by atoms with Gasteiger partial charge in [0.15, 0.2) is 0 Å². The first kappa shape index (κ1) is 21.2. The molecule has 1 aromatic rings. The molecule has 2 N–H and O–H groups in total. The SMILES string of the molecule is Cc1ccc(S(=O)(=O)N2CCC(NC(=O)CC3CCCN3)CC2)cc1.Cl. The van der Waals surface area contributed by atoms with Gasteiger partial charge in [0.1, 0.15) is 0 Å². The van der Waals surface area contributed by atoms with Crippen molar-refractivity contribution in [1.82, 2.24) is 14.9 Å². The first-order valence-corrected chi connectivity index (χ1v) is 10.5. The fourth-order valence-corrected chi connectivity index (χ4v) is 5.01. The summed E-state index contributed by atoms with van der Waals surface area (Å²) in [6.45, 7) is 3.82. The molecule has 6 nitrogen and oxygen atoms in total. The zero-order valence-electron chi connectivity index (χ0n) is 15.1. The number of hydrogen-bond acceptors (Lipinski definition) is 4. The molecule has 2 aliphatic rings. The van der Waals surface area contributed by atoms with Gasteiger partial charge in [-0.1, -0.05) is 17.7 Å². The van der Waals surface area contributed by atoms with Gasteiger partial charge in [-0.2, -0.15) is 4.31 Å². The van der Waals surface area contributed by atoms with E-state index in [1.54, 1.807) is 12.1 Å². The Balaban J connectivity index is 0.00000243. The van der Waals surface area contributed by atoms with Gasteiger partial charge in [-0.05, 0) is 51.3 Å². The smallest absolute Gasteiger partial charge is 0.243 e. The highest BCUT2D eigenvalue weighted by Crippen LogP contribution is 2.21. The van der Waals surface area contributed by atoms with E-state index in [2.05, 4.69) is 10.6 Å². The van der Waals surface area contributed by atoms with Gasteiger partial charge in [0, 0.05) is 31.6 Å². The summed E-state index contributed by atoms with van der Waals surface area (Å²) in [5.74, 6) is 0.0687. The van der Waals surface area contributed by atoms with Gasteiger partial charge in [0.25, 0.3) is 0 Å². The molecular formula is C18H28ClN3O3S. The number of nitrogens with zero attached hydrogens (tertiary/aromatic N) is 1. The molecule has 26 heavy (non-hydrogen) atoms. The Morgan fingerprint density at radius 3 is 2.42 bits per heavy atom. The molecule has 1 unspecified atom stereocenters. The maximum Gasteiger partial charge on any atom is 0.243 e. The van der Waals surface area contributed by atoms with Crippen LogP contribution in [0.4, 0.5) is 0 Å². The van der Waals surface area contributed by atoms with Crippen LogP contribution < -0.4 is 10.6 Å². The molecule has 2 heterocycles. The highest BCUT2D eigenvalue weighted by Gasteiger charge is 2.30. The molecule has 1 amide bonds. The van der Waals surface area contributed by atoms with E-state index in [1.807, 2.05) is 19.1 Å². The minimum atomic E-state index is -3.44. The Bertz CT molecular complexity index is 695. The van der Waals surface area contributed by atoms with Crippen molar-refractivity contribution < 1.29 is 13.2 Å². The average Bonchev–Trinajstić information content (AvgIpc) is 3.08. The van der Waals surface area contributed by atoms with Gasteiger partial charge >= 0.3 is 0 Å². The van der Waals surface area contributed by atoms with Crippen LogP contribution >= 0.6 is 12.4 Å². The molecule has 0 bridgehead atoms. The number of hydrogen-bond donors (Lipinski definition) is 2. The summed E-state index contributed by atoms with van der Waals surface area (Å²) in [6, 6.07) is 7.31. The van der Waals surface area contributed by atoms with Crippen LogP contribution in [0.5, 0.6) is 0 Å². The Hall–Kier alpha value is -1.15. The molecule has 1 atom stereocenters. The largest absolute Gasteiger partial charge is 0.353 e. The van der Waals surface area contributed by atoms with Crippen molar-refractivity contribution in [3.63, 3.8) is 0 Å². The van der Waals surface area contributed by atoms with E-state index in [0.29, 0.717) is 43.3 Å². The maximum absolute atomic E-state index is 12.7. The number of sulfonamides is 1. The van der Waals surface area contributed by atoms with E-state index in [0.717, 1.165) is 24.9 Å². The summed E-state index contributed by atoms with van der Waals surface area (Å²) in [6.07, 6.45) is 4.03. The third-order valence-electron chi connectivity index (χ3n) is 5.07. The van der Waals surface area contributed by atoms with Crippen LogP contribution in [0.1, 0.15) is 37.7 Å². The molecule has 0 aliphatic carbocycles. The summed E-state index contributed by atoms with van der Waals surface area (Å²) in [5.41, 5.74) is 1.04. The van der Waals surface area contributed by atoms with Crippen LogP contribution in [0.3, 0.4) is 0 Å². The van der Waals surface area contributed by atoms with Gasteiger partial charge in [0.2, 0.25) is 15.9 Å². The number of rotatable bonds is 5. The molecule has 0 aromatic heterocycles. The number of piperidine rings is 1. The lowest BCUT2D eigenvalue weighted by molar-refractivity contribution is -0.122. The lowest BCUT2D eigenvalue weighted by Crippen LogP contribution is -2.47. The predicted molar refractivity (Wildman–Crippen MR) is 104 cm³/mol. The quantitative estimate of drug-likeness (QED) is 0.788. The first-order chi connectivity index (χ1) is 11.9. The number of benzene rings is 1. The zero-order chi connectivity index (χ0) is 17.9. The summed E-state index contributed by atoms with van der Waals surface area (Å²) in [4.78, 5) is 12.5. The number of nitrogens with one attached hydrogen (secondary N) is 2. The minimum Gasteiger partial charge on any atom is -0.353 e.